The van der Waals surface area contributed by atoms with Crippen molar-refractivity contribution in [3.63, 3.8) is 0 Å². The number of halogens is 1. The highest BCUT2D eigenvalue weighted by molar-refractivity contribution is 6.31. The summed E-state index contributed by atoms with van der Waals surface area (Å²) in [4.78, 5) is 12.0. The van der Waals surface area contributed by atoms with E-state index in [0.717, 1.165) is 25.7 Å². The summed E-state index contributed by atoms with van der Waals surface area (Å²) >= 11 is 5.84. The fraction of sp³-hybridized carbons (Fsp3) is 0.429. The van der Waals surface area contributed by atoms with Crippen molar-refractivity contribution in [2.45, 2.75) is 37.6 Å². The van der Waals surface area contributed by atoms with Crippen LogP contribution < -0.4 is 11.1 Å². The highest BCUT2D eigenvalue weighted by atomic mass is 35.5. The summed E-state index contributed by atoms with van der Waals surface area (Å²) in [5.41, 5.74) is 6.72. The Labute approximate surface area is 117 Å². The van der Waals surface area contributed by atoms with Gasteiger partial charge < -0.3 is 11.1 Å². The number of amides is 1. The molecule has 1 saturated carbocycles. The maximum atomic E-state index is 12.0. The fourth-order valence-corrected chi connectivity index (χ4v) is 2.63. The third-order valence-electron chi connectivity index (χ3n) is 3.48. The van der Waals surface area contributed by atoms with Crippen LogP contribution in [-0.4, -0.2) is 11.4 Å². The summed E-state index contributed by atoms with van der Waals surface area (Å²) < 4.78 is 0. The second kappa shape index (κ2) is 5.60. The van der Waals surface area contributed by atoms with Gasteiger partial charge in [-0.05, 0) is 31.0 Å². The van der Waals surface area contributed by atoms with Crippen LogP contribution in [0.25, 0.3) is 0 Å². The van der Waals surface area contributed by atoms with E-state index in [1.165, 1.54) is 0 Å². The number of nitriles is 1. The van der Waals surface area contributed by atoms with Gasteiger partial charge in [0.1, 0.15) is 6.07 Å². The first kappa shape index (κ1) is 13.9. The zero-order chi connectivity index (χ0) is 13.9. The third-order valence-corrected chi connectivity index (χ3v) is 3.81. The monoisotopic (exact) mass is 277 g/mol. The highest BCUT2D eigenvalue weighted by Gasteiger charge is 2.31. The van der Waals surface area contributed by atoms with Gasteiger partial charge >= 0.3 is 0 Å². The van der Waals surface area contributed by atoms with E-state index in [2.05, 4.69) is 5.32 Å². The van der Waals surface area contributed by atoms with E-state index in [1.807, 2.05) is 6.07 Å². The average Bonchev–Trinajstić information content (AvgIpc) is 2.78. The maximum absolute atomic E-state index is 12.0. The molecule has 0 aliphatic heterocycles. The zero-order valence-electron chi connectivity index (χ0n) is 10.6. The number of carbonyl (C=O) groups excluding carboxylic acids is 1. The van der Waals surface area contributed by atoms with Crippen molar-refractivity contribution in [2.75, 3.05) is 5.32 Å². The van der Waals surface area contributed by atoms with Gasteiger partial charge in [-0.25, -0.2) is 0 Å². The number of hydrogen-bond acceptors (Lipinski definition) is 3. The van der Waals surface area contributed by atoms with Gasteiger partial charge in [0, 0.05) is 17.6 Å². The summed E-state index contributed by atoms with van der Waals surface area (Å²) in [6.45, 7) is 0. The number of hydrogen-bond donors (Lipinski definition) is 2. The van der Waals surface area contributed by atoms with Gasteiger partial charge in [-0.2, -0.15) is 5.26 Å². The van der Waals surface area contributed by atoms with Crippen LogP contribution in [0.5, 0.6) is 0 Å². The number of benzene rings is 1. The van der Waals surface area contributed by atoms with Crippen LogP contribution in [0.15, 0.2) is 18.2 Å². The van der Waals surface area contributed by atoms with Gasteiger partial charge in [0.05, 0.1) is 10.6 Å². The molecule has 2 rings (SSSR count). The molecule has 19 heavy (non-hydrogen) atoms. The summed E-state index contributed by atoms with van der Waals surface area (Å²) in [5, 5.41) is 12.0. The van der Waals surface area contributed by atoms with Gasteiger partial charge in [0.25, 0.3) is 0 Å². The van der Waals surface area contributed by atoms with E-state index >= 15 is 0 Å². The molecule has 1 fully saturated rings. The van der Waals surface area contributed by atoms with E-state index in [4.69, 9.17) is 22.6 Å². The number of anilines is 1. The van der Waals surface area contributed by atoms with Crippen molar-refractivity contribution in [3.05, 3.63) is 28.8 Å². The van der Waals surface area contributed by atoms with Crippen LogP contribution in [0.4, 0.5) is 5.69 Å². The van der Waals surface area contributed by atoms with Gasteiger partial charge in [-0.3, -0.25) is 4.79 Å². The van der Waals surface area contributed by atoms with Crippen LogP contribution in [0.3, 0.4) is 0 Å². The molecular weight excluding hydrogens is 262 g/mol. The van der Waals surface area contributed by atoms with Crippen molar-refractivity contribution in [1.29, 1.82) is 5.26 Å². The fourth-order valence-electron chi connectivity index (χ4n) is 2.47. The molecule has 1 aliphatic rings. The molecule has 1 amide bonds. The van der Waals surface area contributed by atoms with Crippen LogP contribution in [-0.2, 0) is 4.79 Å². The number of carbonyl (C=O) groups is 1. The standard InChI is InChI=1S/C14H16ClN3O/c15-12-4-3-11(7-10(12)9-16)18-13(19)8-14(17)5-1-2-6-14/h3-4,7H,1-2,5-6,8,17H2,(H,18,19). The average molecular weight is 278 g/mol. The smallest absolute Gasteiger partial charge is 0.226 e. The summed E-state index contributed by atoms with van der Waals surface area (Å²) in [6, 6.07) is 6.83. The number of nitrogens with two attached hydrogens (primary N) is 1. The van der Waals surface area contributed by atoms with E-state index in [9.17, 15) is 4.79 Å². The normalized spacial score (nSPS) is 16.9. The third kappa shape index (κ3) is 3.46. The van der Waals surface area contributed by atoms with Crippen molar-refractivity contribution < 1.29 is 4.79 Å². The second-order valence-electron chi connectivity index (χ2n) is 5.10. The Morgan fingerprint density at radius 1 is 1.47 bits per heavy atom. The lowest BCUT2D eigenvalue weighted by atomic mass is 9.94. The van der Waals surface area contributed by atoms with E-state index < -0.39 is 0 Å². The number of rotatable bonds is 3. The molecule has 0 spiro atoms. The lowest BCUT2D eigenvalue weighted by Crippen LogP contribution is -2.40. The summed E-state index contributed by atoms with van der Waals surface area (Å²) in [5.74, 6) is -0.115. The molecule has 5 heteroatoms. The Bertz CT molecular complexity index is 530. The lowest BCUT2D eigenvalue weighted by molar-refractivity contribution is -0.117. The highest BCUT2D eigenvalue weighted by Crippen LogP contribution is 2.30. The van der Waals surface area contributed by atoms with Crippen LogP contribution in [0.1, 0.15) is 37.7 Å². The Hall–Kier alpha value is -1.57. The first-order valence-electron chi connectivity index (χ1n) is 6.31. The molecular formula is C14H16ClN3O. The van der Waals surface area contributed by atoms with Gasteiger partial charge in [0.2, 0.25) is 5.91 Å². The Balaban J connectivity index is 2.01. The van der Waals surface area contributed by atoms with Crippen LogP contribution in [0, 0.1) is 11.3 Å². The SMILES string of the molecule is N#Cc1cc(NC(=O)CC2(N)CCCC2)ccc1Cl. The molecule has 1 aromatic carbocycles. The summed E-state index contributed by atoms with van der Waals surface area (Å²) in [7, 11) is 0. The molecule has 0 bridgehead atoms. The molecule has 0 heterocycles. The van der Waals surface area contributed by atoms with E-state index in [1.54, 1.807) is 18.2 Å². The molecule has 0 aromatic heterocycles. The quantitative estimate of drug-likeness (QED) is 0.892. The van der Waals surface area contributed by atoms with Crippen molar-refractivity contribution >= 4 is 23.2 Å². The molecule has 0 atom stereocenters. The van der Waals surface area contributed by atoms with E-state index in [0.29, 0.717) is 22.7 Å². The lowest BCUT2D eigenvalue weighted by Gasteiger charge is -2.22. The van der Waals surface area contributed by atoms with Crippen molar-refractivity contribution in [2.24, 2.45) is 5.73 Å². The van der Waals surface area contributed by atoms with Crippen LogP contribution in [0.2, 0.25) is 5.02 Å². The molecule has 0 unspecified atom stereocenters. The predicted molar refractivity (Wildman–Crippen MR) is 74.8 cm³/mol. The molecule has 1 aromatic rings. The number of nitrogens with zero attached hydrogens (tertiary/aromatic N) is 1. The first-order valence-corrected chi connectivity index (χ1v) is 6.69. The van der Waals surface area contributed by atoms with Crippen molar-refractivity contribution in [1.82, 2.24) is 0 Å². The topological polar surface area (TPSA) is 78.9 Å². The molecule has 1 aliphatic carbocycles. The number of nitrogens with one attached hydrogen (secondary N) is 1. The van der Waals surface area contributed by atoms with Crippen molar-refractivity contribution in [3.8, 4) is 6.07 Å². The van der Waals surface area contributed by atoms with Gasteiger partial charge in [-0.1, -0.05) is 24.4 Å². The minimum Gasteiger partial charge on any atom is -0.326 e. The molecule has 100 valence electrons. The van der Waals surface area contributed by atoms with Gasteiger partial charge in [-0.15, -0.1) is 0 Å². The van der Waals surface area contributed by atoms with Crippen LogP contribution >= 0.6 is 11.6 Å². The predicted octanol–water partition coefficient (Wildman–Crippen LogP) is 2.81. The minimum absolute atomic E-state index is 0.115. The minimum atomic E-state index is -0.367. The Kier molecular flexibility index (Phi) is 4.08. The molecule has 4 nitrogen and oxygen atoms in total. The first-order chi connectivity index (χ1) is 9.02. The maximum Gasteiger partial charge on any atom is 0.226 e. The molecule has 0 radical (unpaired) electrons. The van der Waals surface area contributed by atoms with Gasteiger partial charge in [0.15, 0.2) is 0 Å². The largest absolute Gasteiger partial charge is 0.326 e. The zero-order valence-corrected chi connectivity index (χ0v) is 11.3. The molecule has 3 N–H and O–H groups in total. The Morgan fingerprint density at radius 3 is 2.79 bits per heavy atom. The second-order valence-corrected chi connectivity index (χ2v) is 5.51. The van der Waals surface area contributed by atoms with E-state index in [-0.39, 0.29) is 11.4 Å². The Morgan fingerprint density at radius 2 is 2.16 bits per heavy atom. The summed E-state index contributed by atoms with van der Waals surface area (Å²) in [6.07, 6.45) is 4.28. The molecule has 0 saturated heterocycles.